The molecule has 0 saturated carbocycles. The summed E-state index contributed by atoms with van der Waals surface area (Å²) in [7, 11) is 1.88. The molecule has 0 unspecified atom stereocenters. The number of ether oxygens (including phenoxy) is 1. The minimum Gasteiger partial charge on any atom is -0.493 e. The number of halogens is 1. The Labute approximate surface area is 207 Å². The Balaban J connectivity index is 1.37. The molecule has 2 aliphatic rings. The molecule has 4 rings (SSSR count). The van der Waals surface area contributed by atoms with Crippen molar-refractivity contribution in [3.63, 3.8) is 0 Å². The number of hydrogen-bond donors (Lipinski definition) is 0. The van der Waals surface area contributed by atoms with E-state index in [0.717, 1.165) is 44.3 Å². The maximum Gasteiger partial charge on any atom is 0.223 e. The largest absolute Gasteiger partial charge is 0.493 e. The molecule has 1 aromatic heterocycles. The molecule has 2 saturated heterocycles. The third-order valence-corrected chi connectivity index (χ3v) is 7.37. The van der Waals surface area contributed by atoms with Gasteiger partial charge in [-0.2, -0.15) is 5.10 Å². The third-order valence-electron chi connectivity index (χ3n) is 7.14. The summed E-state index contributed by atoms with van der Waals surface area (Å²) in [5, 5.41) is 4.81. The number of likely N-dealkylation sites (tertiary alicyclic amines) is 2. The molecule has 2 aliphatic heterocycles. The fourth-order valence-electron chi connectivity index (χ4n) is 4.98. The smallest absolute Gasteiger partial charge is 0.223 e. The number of amides is 2. The second kappa shape index (κ2) is 11.3. The highest BCUT2D eigenvalue weighted by Crippen LogP contribution is 2.37. The van der Waals surface area contributed by atoms with Gasteiger partial charge in [-0.3, -0.25) is 14.3 Å². The topological polar surface area (TPSA) is 67.7 Å². The van der Waals surface area contributed by atoms with Gasteiger partial charge in [0.05, 0.1) is 12.8 Å². The van der Waals surface area contributed by atoms with E-state index in [-0.39, 0.29) is 17.2 Å². The Morgan fingerprint density at radius 2 is 1.79 bits per heavy atom. The zero-order valence-corrected chi connectivity index (χ0v) is 20.8. The molecule has 0 N–H and O–H groups in total. The van der Waals surface area contributed by atoms with Crippen LogP contribution in [0.1, 0.15) is 50.5 Å². The quantitative estimate of drug-likeness (QED) is 0.563. The van der Waals surface area contributed by atoms with Gasteiger partial charge in [-0.15, -0.1) is 0 Å². The van der Waals surface area contributed by atoms with Crippen LogP contribution in [0.15, 0.2) is 36.7 Å². The van der Waals surface area contributed by atoms with Gasteiger partial charge >= 0.3 is 0 Å². The molecule has 34 heavy (non-hydrogen) atoms. The van der Waals surface area contributed by atoms with Crippen LogP contribution in [0.3, 0.4) is 0 Å². The Kier molecular flexibility index (Phi) is 8.14. The molecule has 0 bridgehead atoms. The van der Waals surface area contributed by atoms with Crippen LogP contribution in [0.5, 0.6) is 5.75 Å². The van der Waals surface area contributed by atoms with Crippen LogP contribution in [0.2, 0.25) is 5.02 Å². The summed E-state index contributed by atoms with van der Waals surface area (Å²) in [5.41, 5.74) is 0.793. The van der Waals surface area contributed by atoms with E-state index >= 15 is 0 Å². The first-order valence-corrected chi connectivity index (χ1v) is 12.7. The van der Waals surface area contributed by atoms with Crippen LogP contribution in [0.4, 0.5) is 0 Å². The monoisotopic (exact) mass is 486 g/mol. The lowest BCUT2D eigenvalue weighted by Crippen LogP contribution is -2.48. The minimum atomic E-state index is -0.281. The molecule has 8 heteroatoms. The van der Waals surface area contributed by atoms with Gasteiger partial charge in [-0.25, -0.2) is 0 Å². The predicted molar refractivity (Wildman–Crippen MR) is 132 cm³/mol. The highest BCUT2D eigenvalue weighted by Gasteiger charge is 2.39. The second-order valence-corrected chi connectivity index (χ2v) is 10.2. The summed E-state index contributed by atoms with van der Waals surface area (Å²) in [4.78, 5) is 30.0. The summed E-state index contributed by atoms with van der Waals surface area (Å²) in [6.07, 6.45) is 10.3. The van der Waals surface area contributed by atoms with Gasteiger partial charge in [-0.1, -0.05) is 17.7 Å². The number of piperidine rings is 2. The second-order valence-electron chi connectivity index (χ2n) is 9.77. The van der Waals surface area contributed by atoms with Crippen molar-refractivity contribution in [3.8, 4) is 5.75 Å². The van der Waals surface area contributed by atoms with Gasteiger partial charge < -0.3 is 14.5 Å². The highest BCUT2D eigenvalue weighted by molar-refractivity contribution is 6.30. The van der Waals surface area contributed by atoms with Crippen molar-refractivity contribution in [3.05, 3.63) is 47.2 Å². The summed E-state index contributed by atoms with van der Waals surface area (Å²) in [6.45, 7) is 3.45. The maximum atomic E-state index is 13.2. The molecule has 7 nitrogen and oxygen atoms in total. The van der Waals surface area contributed by atoms with E-state index in [2.05, 4.69) is 5.10 Å². The number of carbonyl (C=O) groups is 2. The van der Waals surface area contributed by atoms with Gasteiger partial charge in [-0.05, 0) is 62.3 Å². The van der Waals surface area contributed by atoms with Crippen LogP contribution < -0.4 is 4.74 Å². The van der Waals surface area contributed by atoms with Gasteiger partial charge in [0.15, 0.2) is 0 Å². The number of hydrogen-bond acceptors (Lipinski definition) is 4. The fraction of sp³-hybridized carbons (Fsp3) is 0.577. The van der Waals surface area contributed by atoms with E-state index in [1.165, 1.54) is 6.42 Å². The van der Waals surface area contributed by atoms with Gasteiger partial charge in [0.1, 0.15) is 5.75 Å². The molecule has 2 fully saturated rings. The molecule has 2 amide bonds. The van der Waals surface area contributed by atoms with Crippen molar-refractivity contribution in [1.29, 1.82) is 0 Å². The number of aromatic nitrogens is 2. The minimum absolute atomic E-state index is 0.163. The first-order chi connectivity index (χ1) is 16.4. The van der Waals surface area contributed by atoms with Crippen LogP contribution >= 0.6 is 11.6 Å². The zero-order chi connectivity index (χ0) is 24.0. The van der Waals surface area contributed by atoms with Crippen molar-refractivity contribution in [2.24, 2.45) is 12.5 Å². The molecule has 184 valence electrons. The molecule has 3 heterocycles. The first-order valence-electron chi connectivity index (χ1n) is 12.3. The normalized spacial score (nSPS) is 18.1. The van der Waals surface area contributed by atoms with Gasteiger partial charge in [0, 0.05) is 62.7 Å². The summed E-state index contributed by atoms with van der Waals surface area (Å²) in [5.74, 6) is 1.09. The number of benzene rings is 1. The average molecular weight is 487 g/mol. The summed E-state index contributed by atoms with van der Waals surface area (Å²) in [6, 6.07) is 7.38. The van der Waals surface area contributed by atoms with E-state index in [9.17, 15) is 9.59 Å². The van der Waals surface area contributed by atoms with E-state index in [0.29, 0.717) is 49.7 Å². The van der Waals surface area contributed by atoms with E-state index in [4.69, 9.17) is 16.3 Å². The van der Waals surface area contributed by atoms with E-state index in [1.807, 2.05) is 47.4 Å². The number of nitrogens with zero attached hydrogens (tertiary/aromatic N) is 4. The predicted octanol–water partition coefficient (Wildman–Crippen LogP) is 4.10. The molecular weight excluding hydrogens is 452 g/mol. The first kappa shape index (κ1) is 24.6. The van der Waals surface area contributed by atoms with Gasteiger partial charge in [0.2, 0.25) is 11.8 Å². The number of rotatable bonds is 8. The molecule has 2 aromatic rings. The Morgan fingerprint density at radius 3 is 2.47 bits per heavy atom. The van der Waals surface area contributed by atoms with Crippen molar-refractivity contribution in [2.45, 2.75) is 51.4 Å². The molecular formula is C26H35ClN4O3. The fourth-order valence-corrected chi connectivity index (χ4v) is 5.16. The molecule has 0 spiro atoms. The van der Waals surface area contributed by atoms with Crippen molar-refractivity contribution >= 4 is 23.4 Å². The maximum absolute atomic E-state index is 13.2. The molecule has 0 radical (unpaired) electrons. The standard InChI is InChI=1S/C26H35ClN4O3/c1-29-19-21(18-28-29)8-9-24(32)31-14-10-26(11-15-31,17-25(33)30-12-3-2-4-13-30)20-34-23-7-5-6-22(27)16-23/h5-7,16,18-19H,2-4,8-15,17,20H2,1H3. The third kappa shape index (κ3) is 6.53. The SMILES string of the molecule is Cn1cc(CCC(=O)N2CCC(COc3cccc(Cl)c3)(CC(=O)N3CCCCC3)CC2)cn1. The summed E-state index contributed by atoms with van der Waals surface area (Å²) >= 11 is 6.13. The van der Waals surface area contributed by atoms with E-state index in [1.54, 1.807) is 10.7 Å². The lowest BCUT2D eigenvalue weighted by atomic mass is 9.75. The molecule has 0 atom stereocenters. The lowest BCUT2D eigenvalue weighted by molar-refractivity contribution is -0.138. The Hall–Kier alpha value is -2.54. The van der Waals surface area contributed by atoms with Crippen LogP contribution in [-0.4, -0.2) is 64.2 Å². The van der Waals surface area contributed by atoms with Crippen molar-refractivity contribution in [2.75, 3.05) is 32.8 Å². The van der Waals surface area contributed by atoms with E-state index < -0.39 is 0 Å². The molecule has 1 aromatic carbocycles. The van der Waals surface area contributed by atoms with Gasteiger partial charge in [0.25, 0.3) is 0 Å². The van der Waals surface area contributed by atoms with Crippen molar-refractivity contribution in [1.82, 2.24) is 19.6 Å². The van der Waals surface area contributed by atoms with Crippen LogP contribution in [0.25, 0.3) is 0 Å². The Morgan fingerprint density at radius 1 is 1.06 bits per heavy atom. The lowest BCUT2D eigenvalue weighted by Gasteiger charge is -2.42. The number of aryl methyl sites for hydroxylation is 2. The summed E-state index contributed by atoms with van der Waals surface area (Å²) < 4.78 is 7.91. The number of carbonyl (C=O) groups excluding carboxylic acids is 2. The average Bonchev–Trinajstić information content (AvgIpc) is 3.27. The Bertz CT molecular complexity index is 978. The van der Waals surface area contributed by atoms with Crippen molar-refractivity contribution < 1.29 is 14.3 Å². The highest BCUT2D eigenvalue weighted by atomic mass is 35.5. The zero-order valence-electron chi connectivity index (χ0n) is 20.0. The van der Waals surface area contributed by atoms with Crippen LogP contribution in [0, 0.1) is 5.41 Å². The van der Waals surface area contributed by atoms with Crippen LogP contribution in [-0.2, 0) is 23.1 Å². The molecule has 0 aliphatic carbocycles.